The van der Waals surface area contributed by atoms with E-state index in [9.17, 15) is 10.1 Å². The molecule has 0 aromatic heterocycles. The quantitative estimate of drug-likeness (QED) is 0.475. The van der Waals surface area contributed by atoms with Crippen LogP contribution in [-0.4, -0.2) is 17.2 Å². The highest BCUT2D eigenvalue weighted by molar-refractivity contribution is 7.99. The van der Waals surface area contributed by atoms with Crippen molar-refractivity contribution in [3.8, 4) is 0 Å². The van der Waals surface area contributed by atoms with E-state index in [1.54, 1.807) is 12.1 Å². The maximum Gasteiger partial charge on any atom is 0.282 e. The third-order valence-corrected chi connectivity index (χ3v) is 3.38. The predicted octanol–water partition coefficient (Wildman–Crippen LogP) is 2.28. The molecular formula is C10H14N2O2S. The second kappa shape index (κ2) is 5.72. The van der Waals surface area contributed by atoms with Crippen molar-refractivity contribution >= 4 is 17.4 Å². The van der Waals surface area contributed by atoms with Crippen LogP contribution in [0, 0.1) is 16.0 Å². The summed E-state index contributed by atoms with van der Waals surface area (Å²) in [6.45, 7) is 2.63. The molecule has 0 heterocycles. The molecule has 0 amide bonds. The average molecular weight is 226 g/mol. The van der Waals surface area contributed by atoms with Crippen LogP contribution in [0.1, 0.15) is 6.92 Å². The molecule has 0 fully saturated rings. The van der Waals surface area contributed by atoms with Crippen molar-refractivity contribution in [2.24, 2.45) is 11.7 Å². The molecule has 4 nitrogen and oxygen atoms in total. The first-order valence-electron chi connectivity index (χ1n) is 4.71. The fourth-order valence-electron chi connectivity index (χ4n) is 1.03. The number of nitro groups is 1. The fourth-order valence-corrected chi connectivity index (χ4v) is 2.10. The Kier molecular flexibility index (Phi) is 4.58. The molecule has 82 valence electrons. The van der Waals surface area contributed by atoms with Gasteiger partial charge in [0.05, 0.1) is 9.82 Å². The Hall–Kier alpha value is -1.07. The standard InChI is InChI=1S/C10H14N2O2S/c1-8(6-11)7-15-10-5-3-2-4-9(10)12(13)14/h2-5,8H,6-7,11H2,1H3. The lowest BCUT2D eigenvalue weighted by Gasteiger charge is -2.07. The highest BCUT2D eigenvalue weighted by Crippen LogP contribution is 2.29. The van der Waals surface area contributed by atoms with Crippen molar-refractivity contribution in [3.63, 3.8) is 0 Å². The summed E-state index contributed by atoms with van der Waals surface area (Å²) in [5, 5.41) is 10.7. The number of para-hydroxylation sites is 1. The maximum atomic E-state index is 10.7. The van der Waals surface area contributed by atoms with Gasteiger partial charge in [-0.05, 0) is 18.5 Å². The van der Waals surface area contributed by atoms with Crippen LogP contribution < -0.4 is 5.73 Å². The van der Waals surface area contributed by atoms with Gasteiger partial charge < -0.3 is 5.73 Å². The van der Waals surface area contributed by atoms with Crippen molar-refractivity contribution in [3.05, 3.63) is 34.4 Å². The minimum Gasteiger partial charge on any atom is -0.330 e. The van der Waals surface area contributed by atoms with Crippen LogP contribution >= 0.6 is 11.8 Å². The molecular weight excluding hydrogens is 212 g/mol. The van der Waals surface area contributed by atoms with Gasteiger partial charge in [-0.3, -0.25) is 10.1 Å². The maximum absolute atomic E-state index is 10.7. The number of nitrogens with two attached hydrogens (primary N) is 1. The zero-order valence-electron chi connectivity index (χ0n) is 8.55. The number of thioether (sulfide) groups is 1. The molecule has 1 rings (SSSR count). The van der Waals surface area contributed by atoms with E-state index >= 15 is 0 Å². The molecule has 0 bridgehead atoms. The third-order valence-electron chi connectivity index (χ3n) is 1.99. The van der Waals surface area contributed by atoms with Crippen LogP contribution in [0.5, 0.6) is 0 Å². The topological polar surface area (TPSA) is 69.2 Å². The van der Waals surface area contributed by atoms with E-state index in [0.29, 0.717) is 17.4 Å². The Bertz CT molecular complexity index is 344. The highest BCUT2D eigenvalue weighted by Gasteiger charge is 2.13. The number of benzene rings is 1. The molecule has 0 aliphatic carbocycles. The summed E-state index contributed by atoms with van der Waals surface area (Å²) in [6, 6.07) is 6.78. The van der Waals surface area contributed by atoms with Crippen molar-refractivity contribution in [2.45, 2.75) is 11.8 Å². The van der Waals surface area contributed by atoms with E-state index in [0.717, 1.165) is 5.75 Å². The van der Waals surface area contributed by atoms with Gasteiger partial charge in [0, 0.05) is 11.8 Å². The molecule has 0 saturated heterocycles. The zero-order chi connectivity index (χ0) is 11.3. The van der Waals surface area contributed by atoms with Crippen LogP contribution in [0.25, 0.3) is 0 Å². The summed E-state index contributed by atoms with van der Waals surface area (Å²) in [4.78, 5) is 11.1. The first-order chi connectivity index (χ1) is 7.15. The van der Waals surface area contributed by atoms with Crippen molar-refractivity contribution in [1.29, 1.82) is 0 Å². The van der Waals surface area contributed by atoms with Crippen LogP contribution in [-0.2, 0) is 0 Å². The monoisotopic (exact) mass is 226 g/mol. The van der Waals surface area contributed by atoms with Crippen LogP contribution in [0.4, 0.5) is 5.69 Å². The van der Waals surface area contributed by atoms with Crippen LogP contribution in [0.2, 0.25) is 0 Å². The van der Waals surface area contributed by atoms with Gasteiger partial charge in [-0.25, -0.2) is 0 Å². The number of rotatable bonds is 5. The molecule has 2 N–H and O–H groups in total. The summed E-state index contributed by atoms with van der Waals surface area (Å²) < 4.78 is 0. The summed E-state index contributed by atoms with van der Waals surface area (Å²) in [6.07, 6.45) is 0. The Morgan fingerprint density at radius 2 is 2.20 bits per heavy atom. The summed E-state index contributed by atoms with van der Waals surface area (Å²) in [5.41, 5.74) is 5.66. The van der Waals surface area contributed by atoms with Gasteiger partial charge in [0.2, 0.25) is 0 Å². The molecule has 1 atom stereocenters. The molecule has 0 aliphatic heterocycles. The highest BCUT2D eigenvalue weighted by atomic mass is 32.2. The third kappa shape index (κ3) is 3.53. The first-order valence-corrected chi connectivity index (χ1v) is 5.70. The second-order valence-corrected chi connectivity index (χ2v) is 4.44. The van der Waals surface area contributed by atoms with Crippen molar-refractivity contribution in [2.75, 3.05) is 12.3 Å². The normalized spacial score (nSPS) is 12.4. The first kappa shape index (κ1) is 12.0. The lowest BCUT2D eigenvalue weighted by Crippen LogP contribution is -2.12. The number of nitro benzene ring substituents is 1. The van der Waals surface area contributed by atoms with Gasteiger partial charge in [-0.15, -0.1) is 11.8 Å². The predicted molar refractivity (Wildman–Crippen MR) is 62.0 cm³/mol. The van der Waals surface area contributed by atoms with E-state index in [1.165, 1.54) is 17.8 Å². The van der Waals surface area contributed by atoms with E-state index < -0.39 is 0 Å². The zero-order valence-corrected chi connectivity index (χ0v) is 9.37. The van der Waals surface area contributed by atoms with Gasteiger partial charge in [-0.1, -0.05) is 19.1 Å². The molecule has 1 unspecified atom stereocenters. The van der Waals surface area contributed by atoms with E-state index in [2.05, 4.69) is 0 Å². The van der Waals surface area contributed by atoms with Crippen LogP contribution in [0.15, 0.2) is 29.2 Å². The minimum atomic E-state index is -0.352. The van der Waals surface area contributed by atoms with Crippen molar-refractivity contribution in [1.82, 2.24) is 0 Å². The molecule has 1 aromatic carbocycles. The van der Waals surface area contributed by atoms with E-state index in [1.807, 2.05) is 13.0 Å². The van der Waals surface area contributed by atoms with E-state index in [4.69, 9.17) is 5.73 Å². The van der Waals surface area contributed by atoms with E-state index in [-0.39, 0.29) is 10.6 Å². The summed E-state index contributed by atoms with van der Waals surface area (Å²) in [7, 11) is 0. The molecule has 0 spiro atoms. The van der Waals surface area contributed by atoms with Gasteiger partial charge >= 0.3 is 0 Å². The SMILES string of the molecule is CC(CN)CSc1ccccc1[N+](=O)[O-]. The Morgan fingerprint density at radius 3 is 2.80 bits per heavy atom. The lowest BCUT2D eigenvalue weighted by atomic mass is 10.2. The molecule has 1 aromatic rings. The number of hydrogen-bond donors (Lipinski definition) is 1. The summed E-state index contributed by atoms with van der Waals surface area (Å²) >= 11 is 1.49. The van der Waals surface area contributed by atoms with Crippen LogP contribution in [0.3, 0.4) is 0 Å². The Labute approximate surface area is 93.0 Å². The fraction of sp³-hybridized carbons (Fsp3) is 0.400. The number of nitrogens with zero attached hydrogens (tertiary/aromatic N) is 1. The largest absolute Gasteiger partial charge is 0.330 e. The van der Waals surface area contributed by atoms with Gasteiger partial charge in [0.25, 0.3) is 5.69 Å². The molecule has 0 saturated carbocycles. The molecule has 5 heteroatoms. The molecule has 15 heavy (non-hydrogen) atoms. The Balaban J connectivity index is 2.72. The summed E-state index contributed by atoms with van der Waals surface area (Å²) in [5.74, 6) is 1.18. The van der Waals surface area contributed by atoms with Crippen molar-refractivity contribution < 1.29 is 4.92 Å². The average Bonchev–Trinajstić information content (AvgIpc) is 2.26. The lowest BCUT2D eigenvalue weighted by molar-refractivity contribution is -0.387. The molecule has 0 aliphatic rings. The smallest absolute Gasteiger partial charge is 0.282 e. The van der Waals surface area contributed by atoms with Gasteiger partial charge in [0.15, 0.2) is 0 Å². The Morgan fingerprint density at radius 1 is 1.53 bits per heavy atom. The number of hydrogen-bond acceptors (Lipinski definition) is 4. The molecule has 0 radical (unpaired) electrons. The minimum absolute atomic E-state index is 0.173. The van der Waals surface area contributed by atoms with Gasteiger partial charge in [0.1, 0.15) is 0 Å². The second-order valence-electron chi connectivity index (χ2n) is 3.38. The van der Waals surface area contributed by atoms with Gasteiger partial charge in [-0.2, -0.15) is 0 Å².